The summed E-state index contributed by atoms with van der Waals surface area (Å²) in [5.74, 6) is 3.31. The molecule has 0 atom stereocenters. The molecule has 0 fully saturated rings. The Balaban J connectivity index is 0.631. The number of furan rings is 2. The van der Waals surface area contributed by atoms with Crippen LogP contribution in [0, 0.1) is 0 Å². The molecular formula is C102H62N6O2. The van der Waals surface area contributed by atoms with Gasteiger partial charge in [0.1, 0.15) is 22.3 Å². The maximum absolute atomic E-state index is 6.71. The first-order chi connectivity index (χ1) is 54.5. The van der Waals surface area contributed by atoms with E-state index in [1.165, 1.54) is 27.5 Å². The summed E-state index contributed by atoms with van der Waals surface area (Å²) in [6.07, 6.45) is 0. The highest BCUT2D eigenvalue weighted by atomic mass is 16.3. The largest absolute Gasteiger partial charge is 0.455 e. The molecule has 0 N–H and O–H groups in total. The van der Waals surface area contributed by atoms with Gasteiger partial charge < -0.3 is 8.83 Å². The van der Waals surface area contributed by atoms with E-state index in [9.17, 15) is 0 Å². The van der Waals surface area contributed by atoms with E-state index < -0.39 is 0 Å². The van der Waals surface area contributed by atoms with Gasteiger partial charge in [0.2, 0.25) is 0 Å². The maximum atomic E-state index is 6.71. The summed E-state index contributed by atoms with van der Waals surface area (Å²) >= 11 is 0. The number of nitrogens with zero attached hydrogens (tertiary/aromatic N) is 6. The molecule has 0 aliphatic carbocycles. The van der Waals surface area contributed by atoms with Gasteiger partial charge in [0, 0.05) is 43.8 Å². The fraction of sp³-hybridized carbons (Fsp3) is 0. The smallest absolute Gasteiger partial charge is 0.167 e. The van der Waals surface area contributed by atoms with Gasteiger partial charge in [-0.3, -0.25) is 0 Å². The maximum Gasteiger partial charge on any atom is 0.167 e. The number of para-hydroxylation sites is 4. The lowest BCUT2D eigenvalue weighted by Crippen LogP contribution is -2.01. The summed E-state index contributed by atoms with van der Waals surface area (Å²) < 4.78 is 13.3. The number of hydrogen-bond acceptors (Lipinski definition) is 8. The normalized spacial score (nSPS) is 11.6. The molecule has 0 saturated carbocycles. The Morgan fingerprint density at radius 3 is 0.836 bits per heavy atom. The minimum Gasteiger partial charge on any atom is -0.455 e. The van der Waals surface area contributed by atoms with Crippen molar-refractivity contribution in [3.05, 3.63) is 376 Å². The molecule has 4 aromatic heterocycles. The highest BCUT2D eigenvalue weighted by Gasteiger charge is 2.24. The molecule has 0 amide bonds. The van der Waals surface area contributed by atoms with Gasteiger partial charge in [0.25, 0.3) is 0 Å². The van der Waals surface area contributed by atoms with Crippen molar-refractivity contribution >= 4 is 76.2 Å². The lowest BCUT2D eigenvalue weighted by atomic mass is 9.89. The molecule has 0 saturated heterocycles. The van der Waals surface area contributed by atoms with Crippen molar-refractivity contribution in [1.82, 2.24) is 29.9 Å². The zero-order valence-corrected chi connectivity index (χ0v) is 59.3. The number of aromatic nitrogens is 6. The van der Waals surface area contributed by atoms with Gasteiger partial charge >= 0.3 is 0 Å². The highest BCUT2D eigenvalue weighted by molar-refractivity contribution is 6.12. The van der Waals surface area contributed by atoms with Crippen LogP contribution in [-0.4, -0.2) is 29.9 Å². The summed E-state index contributed by atoms with van der Waals surface area (Å²) in [5.41, 5.74) is 23.9. The van der Waals surface area contributed by atoms with Gasteiger partial charge in [-0.15, -0.1) is 0 Å². The monoisotopic (exact) mass is 1400 g/mol. The van der Waals surface area contributed by atoms with Crippen molar-refractivity contribution in [3.8, 4) is 146 Å². The Kier molecular flexibility index (Phi) is 15.4. The van der Waals surface area contributed by atoms with Crippen molar-refractivity contribution in [1.29, 1.82) is 0 Å². The van der Waals surface area contributed by atoms with Crippen LogP contribution in [0.15, 0.2) is 385 Å². The Bertz CT molecular complexity index is 7200. The highest BCUT2D eigenvalue weighted by Crippen LogP contribution is 2.45. The second-order valence-electron chi connectivity index (χ2n) is 27.9. The van der Waals surface area contributed by atoms with Crippen LogP contribution in [0.2, 0.25) is 0 Å². The van der Waals surface area contributed by atoms with E-state index in [1.54, 1.807) is 0 Å². The molecule has 0 bridgehead atoms. The summed E-state index contributed by atoms with van der Waals surface area (Å²) in [5, 5.41) is 10.8. The molecule has 8 heteroatoms. The molecule has 0 spiro atoms. The predicted molar refractivity (Wildman–Crippen MR) is 451 cm³/mol. The van der Waals surface area contributed by atoms with E-state index in [0.29, 0.717) is 34.9 Å². The van der Waals surface area contributed by atoms with E-state index in [2.05, 4.69) is 297 Å². The van der Waals surface area contributed by atoms with Gasteiger partial charge in [-0.2, -0.15) is 0 Å². The lowest BCUT2D eigenvalue weighted by Gasteiger charge is -2.16. The number of rotatable bonds is 13. The minimum atomic E-state index is 0.515. The summed E-state index contributed by atoms with van der Waals surface area (Å²) in [6.45, 7) is 0. The van der Waals surface area contributed by atoms with E-state index in [-0.39, 0.29) is 0 Å². The van der Waals surface area contributed by atoms with Crippen LogP contribution in [0.25, 0.3) is 222 Å². The first-order valence-electron chi connectivity index (χ1n) is 37.0. The Morgan fingerprint density at radius 2 is 0.400 bits per heavy atom. The summed E-state index contributed by atoms with van der Waals surface area (Å²) in [4.78, 5) is 31.9. The molecule has 8 nitrogen and oxygen atoms in total. The molecule has 17 aromatic carbocycles. The van der Waals surface area contributed by atoms with Gasteiger partial charge in [-0.05, 0) is 159 Å². The third-order valence-electron chi connectivity index (χ3n) is 21.5. The van der Waals surface area contributed by atoms with Crippen molar-refractivity contribution in [2.24, 2.45) is 0 Å². The van der Waals surface area contributed by atoms with E-state index >= 15 is 0 Å². The molecule has 110 heavy (non-hydrogen) atoms. The van der Waals surface area contributed by atoms with Crippen molar-refractivity contribution < 1.29 is 8.83 Å². The van der Waals surface area contributed by atoms with Crippen molar-refractivity contribution in [2.45, 2.75) is 0 Å². The predicted octanol–water partition coefficient (Wildman–Crippen LogP) is 27.0. The second kappa shape index (κ2) is 26.6. The van der Waals surface area contributed by atoms with Crippen molar-refractivity contribution in [2.75, 3.05) is 0 Å². The number of fused-ring (bicyclic) bond motifs is 9. The van der Waals surface area contributed by atoms with E-state index in [0.717, 1.165) is 160 Å². The third-order valence-corrected chi connectivity index (χ3v) is 21.5. The molecule has 0 aliphatic rings. The third kappa shape index (κ3) is 11.2. The molecule has 21 rings (SSSR count). The van der Waals surface area contributed by atoms with Crippen molar-refractivity contribution in [3.63, 3.8) is 0 Å². The minimum absolute atomic E-state index is 0.515. The van der Waals surface area contributed by atoms with Gasteiger partial charge in [-0.25, -0.2) is 29.9 Å². The van der Waals surface area contributed by atoms with Crippen LogP contribution < -0.4 is 0 Å². The van der Waals surface area contributed by atoms with Crippen LogP contribution in [0.1, 0.15) is 0 Å². The lowest BCUT2D eigenvalue weighted by molar-refractivity contribution is 0.669. The standard InChI is InChI=1S/C102H62N6O2/c1-4-23-63(24-5-1)73-55-56-74(79-32-11-10-31-78(73)79)65-45-47-66(48-46-65)75-58-60-89(83-36-15-13-34-81(75)83)100-105-98(106-102(108-100)91-42-22-40-87-85-38-17-19-44-94(85)110-96(87)91)72-30-20-29-70(61-72)71-53-54-77(92(62-71)64-25-6-2-7-26-64)68-51-49-67(50-52-68)76-57-59-88(82-35-14-12-33-80(76)82)99-103-97(69-27-8-3-9-28-69)104-101(107-99)90-41-21-39-86-84-37-16-18-43-93(84)109-95(86)90/h1-62H. The van der Waals surface area contributed by atoms with Crippen LogP contribution >= 0.6 is 0 Å². The summed E-state index contributed by atoms with van der Waals surface area (Å²) in [7, 11) is 0. The molecular weight excluding hydrogens is 1340 g/mol. The zero-order valence-electron chi connectivity index (χ0n) is 59.3. The van der Waals surface area contributed by atoms with Crippen LogP contribution in [-0.2, 0) is 0 Å². The number of benzene rings is 17. The first kappa shape index (κ1) is 63.6. The van der Waals surface area contributed by atoms with Gasteiger partial charge in [-0.1, -0.05) is 328 Å². The first-order valence-corrected chi connectivity index (χ1v) is 37.0. The topological polar surface area (TPSA) is 104 Å². The fourth-order valence-corrected chi connectivity index (χ4v) is 16.2. The molecule has 21 aromatic rings. The van der Waals surface area contributed by atoms with Crippen LogP contribution in [0.3, 0.4) is 0 Å². The molecule has 0 unspecified atom stereocenters. The molecule has 4 heterocycles. The van der Waals surface area contributed by atoms with Gasteiger partial charge in [0.05, 0.1) is 11.1 Å². The van der Waals surface area contributed by atoms with E-state index in [4.69, 9.17) is 38.7 Å². The SMILES string of the molecule is c1ccc(-c2nc(-c3ccc(-c4ccc(-c5ccc(-c6cccc(-c7nc(-c8ccc(-c9ccc(-c%10ccc(-c%11ccccc%11)c%11ccccc%10%11)cc9)c9ccccc89)nc(-c8cccc9c8oc8ccccc89)n7)c6)cc5-c5ccccc5)cc4)c4ccccc34)nc(-c3cccc4c3oc3ccccc34)n2)cc1. The van der Waals surface area contributed by atoms with E-state index in [1.807, 2.05) is 78.9 Å². The molecule has 0 aliphatic heterocycles. The zero-order chi connectivity index (χ0) is 72.6. The van der Waals surface area contributed by atoms with Gasteiger partial charge in [0.15, 0.2) is 34.9 Å². The second-order valence-corrected chi connectivity index (χ2v) is 27.9. The Morgan fingerprint density at radius 1 is 0.136 bits per heavy atom. The Hall–Kier alpha value is -14.9. The quantitative estimate of drug-likeness (QED) is 0.112. The van der Waals surface area contributed by atoms with Crippen LogP contribution in [0.5, 0.6) is 0 Å². The average Bonchev–Trinajstić information content (AvgIpc) is 1.48. The average molecular weight is 1400 g/mol. The Labute approximate surface area is 633 Å². The fourth-order valence-electron chi connectivity index (χ4n) is 16.2. The molecule has 512 valence electrons. The summed E-state index contributed by atoms with van der Waals surface area (Å²) in [6, 6.07) is 133. The molecule has 0 radical (unpaired) electrons. The van der Waals surface area contributed by atoms with Crippen LogP contribution in [0.4, 0.5) is 0 Å². The number of hydrogen-bond donors (Lipinski definition) is 0.